The van der Waals surface area contributed by atoms with E-state index in [2.05, 4.69) is 5.32 Å². The number of methoxy groups -OCH3 is 2. The fraction of sp³-hybridized carbons (Fsp3) is 0.333. The first-order chi connectivity index (χ1) is 13.0. The zero-order valence-corrected chi connectivity index (χ0v) is 15.7. The van der Waals surface area contributed by atoms with Gasteiger partial charge < -0.3 is 20.5 Å². The van der Waals surface area contributed by atoms with Gasteiger partial charge in [-0.05, 0) is 31.0 Å². The molecule has 6 nitrogen and oxygen atoms in total. The summed E-state index contributed by atoms with van der Waals surface area (Å²) in [4.78, 5) is 23.9. The van der Waals surface area contributed by atoms with E-state index >= 15 is 0 Å². The van der Waals surface area contributed by atoms with E-state index in [4.69, 9.17) is 15.2 Å². The van der Waals surface area contributed by atoms with Gasteiger partial charge in [0.2, 0.25) is 11.8 Å². The number of nitrogens with one attached hydrogen (secondary N) is 1. The van der Waals surface area contributed by atoms with Crippen LogP contribution in [0, 0.1) is 0 Å². The molecule has 1 atom stereocenters. The maximum absolute atomic E-state index is 12.0. The topological polar surface area (TPSA) is 90.6 Å². The number of unbranched alkanes of at least 4 members (excludes halogenated alkanes) is 1. The molecule has 0 bridgehead atoms. The van der Waals surface area contributed by atoms with Crippen molar-refractivity contribution in [2.45, 2.75) is 31.6 Å². The van der Waals surface area contributed by atoms with Gasteiger partial charge in [-0.1, -0.05) is 30.7 Å². The van der Waals surface area contributed by atoms with Crippen molar-refractivity contribution in [2.75, 3.05) is 19.5 Å². The molecule has 144 valence electrons. The Morgan fingerprint density at radius 1 is 1.04 bits per heavy atom. The van der Waals surface area contributed by atoms with Gasteiger partial charge in [0.1, 0.15) is 11.5 Å². The highest BCUT2D eigenvalue weighted by Crippen LogP contribution is 2.33. The Morgan fingerprint density at radius 3 is 2.41 bits per heavy atom. The van der Waals surface area contributed by atoms with Gasteiger partial charge in [0, 0.05) is 23.7 Å². The lowest BCUT2D eigenvalue weighted by Crippen LogP contribution is -2.22. The van der Waals surface area contributed by atoms with Crippen LogP contribution in [0.1, 0.15) is 37.2 Å². The Kier molecular flexibility index (Phi) is 7.67. The summed E-state index contributed by atoms with van der Waals surface area (Å²) in [7, 11) is 3.12. The number of hydrogen-bond acceptors (Lipinski definition) is 4. The molecule has 0 radical (unpaired) electrons. The van der Waals surface area contributed by atoms with Crippen molar-refractivity contribution >= 4 is 17.5 Å². The first-order valence-corrected chi connectivity index (χ1v) is 8.91. The molecule has 0 aliphatic rings. The molecule has 2 amide bonds. The van der Waals surface area contributed by atoms with Crippen molar-refractivity contribution in [1.82, 2.24) is 0 Å². The molecule has 0 spiro atoms. The number of ether oxygens (including phenoxy) is 2. The summed E-state index contributed by atoms with van der Waals surface area (Å²) in [5.74, 6) is 0.297. The summed E-state index contributed by atoms with van der Waals surface area (Å²) in [6.07, 6.45) is 2.31. The Morgan fingerprint density at radius 2 is 1.78 bits per heavy atom. The van der Waals surface area contributed by atoms with Crippen LogP contribution in [-0.2, 0) is 9.59 Å². The van der Waals surface area contributed by atoms with Gasteiger partial charge in [-0.15, -0.1) is 0 Å². The van der Waals surface area contributed by atoms with Crippen molar-refractivity contribution in [3.8, 4) is 11.5 Å². The Hall–Kier alpha value is -3.02. The molecule has 27 heavy (non-hydrogen) atoms. The SMILES string of the molecule is COc1ccc(C(CCCCC(=O)Nc2ccccc2)C(N)=O)c(OC)c1. The van der Waals surface area contributed by atoms with Gasteiger partial charge in [0.25, 0.3) is 0 Å². The van der Waals surface area contributed by atoms with E-state index in [1.807, 2.05) is 30.3 Å². The number of anilines is 1. The van der Waals surface area contributed by atoms with Crippen molar-refractivity contribution in [3.63, 3.8) is 0 Å². The zero-order chi connectivity index (χ0) is 19.6. The van der Waals surface area contributed by atoms with Crippen LogP contribution in [0.4, 0.5) is 5.69 Å². The molecule has 3 N–H and O–H groups in total. The summed E-state index contributed by atoms with van der Waals surface area (Å²) < 4.78 is 10.6. The second kappa shape index (κ2) is 10.2. The number of para-hydroxylation sites is 1. The number of primary amides is 1. The van der Waals surface area contributed by atoms with Crippen molar-refractivity contribution in [1.29, 1.82) is 0 Å². The van der Waals surface area contributed by atoms with Gasteiger partial charge in [0.05, 0.1) is 20.1 Å². The number of amides is 2. The molecular weight excluding hydrogens is 344 g/mol. The van der Waals surface area contributed by atoms with E-state index in [0.29, 0.717) is 37.2 Å². The number of nitrogens with two attached hydrogens (primary N) is 1. The lowest BCUT2D eigenvalue weighted by atomic mass is 9.91. The summed E-state index contributed by atoms with van der Waals surface area (Å²) in [5, 5.41) is 2.85. The van der Waals surface area contributed by atoms with E-state index in [9.17, 15) is 9.59 Å². The average Bonchev–Trinajstić information content (AvgIpc) is 2.68. The predicted octanol–water partition coefficient (Wildman–Crippen LogP) is 3.47. The van der Waals surface area contributed by atoms with E-state index in [-0.39, 0.29) is 5.91 Å². The third-order valence-corrected chi connectivity index (χ3v) is 4.36. The quantitative estimate of drug-likeness (QED) is 0.627. The van der Waals surface area contributed by atoms with Crippen LogP contribution < -0.4 is 20.5 Å². The molecule has 2 rings (SSSR count). The minimum absolute atomic E-state index is 0.0427. The average molecular weight is 370 g/mol. The van der Waals surface area contributed by atoms with Crippen molar-refractivity contribution < 1.29 is 19.1 Å². The molecule has 1 unspecified atom stereocenters. The maximum Gasteiger partial charge on any atom is 0.225 e. The second-order valence-corrected chi connectivity index (χ2v) is 6.22. The molecule has 0 fully saturated rings. The van der Waals surface area contributed by atoms with E-state index < -0.39 is 11.8 Å². The monoisotopic (exact) mass is 370 g/mol. The normalized spacial score (nSPS) is 11.5. The minimum Gasteiger partial charge on any atom is -0.497 e. The van der Waals surface area contributed by atoms with Gasteiger partial charge in [-0.2, -0.15) is 0 Å². The van der Waals surface area contributed by atoms with Crippen molar-refractivity contribution in [2.24, 2.45) is 5.73 Å². The number of benzene rings is 2. The highest BCUT2D eigenvalue weighted by molar-refractivity contribution is 5.90. The summed E-state index contributed by atoms with van der Waals surface area (Å²) in [6, 6.07) is 14.6. The lowest BCUT2D eigenvalue weighted by molar-refractivity contribution is -0.119. The predicted molar refractivity (Wildman–Crippen MR) is 105 cm³/mol. The van der Waals surface area contributed by atoms with Crippen LogP contribution in [0.3, 0.4) is 0 Å². The zero-order valence-electron chi connectivity index (χ0n) is 15.7. The largest absolute Gasteiger partial charge is 0.497 e. The smallest absolute Gasteiger partial charge is 0.225 e. The number of hydrogen-bond donors (Lipinski definition) is 2. The van der Waals surface area contributed by atoms with Gasteiger partial charge >= 0.3 is 0 Å². The van der Waals surface area contributed by atoms with Gasteiger partial charge in [0.15, 0.2) is 0 Å². The molecule has 2 aromatic carbocycles. The second-order valence-electron chi connectivity index (χ2n) is 6.22. The van der Waals surface area contributed by atoms with Crippen LogP contribution in [0.15, 0.2) is 48.5 Å². The van der Waals surface area contributed by atoms with Gasteiger partial charge in [-0.3, -0.25) is 9.59 Å². The molecule has 0 aliphatic heterocycles. The lowest BCUT2D eigenvalue weighted by Gasteiger charge is -2.17. The van der Waals surface area contributed by atoms with Gasteiger partial charge in [-0.25, -0.2) is 0 Å². The molecule has 0 saturated heterocycles. The molecule has 0 aromatic heterocycles. The van der Waals surface area contributed by atoms with Crippen LogP contribution in [0.2, 0.25) is 0 Å². The molecular formula is C21H26N2O4. The summed E-state index contributed by atoms with van der Waals surface area (Å²) in [5.41, 5.74) is 7.12. The third kappa shape index (κ3) is 6.02. The van der Waals surface area contributed by atoms with E-state index in [0.717, 1.165) is 11.3 Å². The number of rotatable bonds is 10. The van der Waals surface area contributed by atoms with Crippen LogP contribution in [0.5, 0.6) is 11.5 Å². The third-order valence-electron chi connectivity index (χ3n) is 4.36. The standard InChI is InChI=1S/C21H26N2O4/c1-26-16-12-13-17(19(14-16)27-2)18(21(22)25)10-6-7-11-20(24)23-15-8-4-3-5-9-15/h3-5,8-9,12-14,18H,6-7,10-11H2,1-2H3,(H2,22,25)(H,23,24). The number of carbonyl (C=O) groups excluding carboxylic acids is 2. The van der Waals surface area contributed by atoms with Crippen LogP contribution in [-0.4, -0.2) is 26.0 Å². The van der Waals surface area contributed by atoms with Crippen LogP contribution in [0.25, 0.3) is 0 Å². The van der Waals surface area contributed by atoms with E-state index in [1.165, 1.54) is 0 Å². The van der Waals surface area contributed by atoms with Crippen molar-refractivity contribution in [3.05, 3.63) is 54.1 Å². The highest BCUT2D eigenvalue weighted by Gasteiger charge is 2.22. The highest BCUT2D eigenvalue weighted by atomic mass is 16.5. The molecule has 0 heterocycles. The number of carbonyl (C=O) groups is 2. The molecule has 0 saturated carbocycles. The Balaban J connectivity index is 1.90. The molecule has 0 aliphatic carbocycles. The van der Waals surface area contributed by atoms with Crippen LogP contribution >= 0.6 is 0 Å². The fourth-order valence-corrected chi connectivity index (χ4v) is 2.94. The Bertz CT molecular complexity index is 762. The minimum atomic E-state index is -0.469. The molecule has 2 aromatic rings. The molecule has 6 heteroatoms. The van der Waals surface area contributed by atoms with E-state index in [1.54, 1.807) is 32.4 Å². The maximum atomic E-state index is 12.0. The fourth-order valence-electron chi connectivity index (χ4n) is 2.94. The first kappa shape index (κ1) is 20.3. The summed E-state index contributed by atoms with van der Waals surface area (Å²) >= 11 is 0. The first-order valence-electron chi connectivity index (χ1n) is 8.91. The summed E-state index contributed by atoms with van der Waals surface area (Å²) in [6.45, 7) is 0. The Labute approximate surface area is 159 Å².